The van der Waals surface area contributed by atoms with Gasteiger partial charge in [-0.1, -0.05) is 6.07 Å². The summed E-state index contributed by atoms with van der Waals surface area (Å²) >= 11 is 1.27. The molecule has 9 atom stereocenters. The predicted molar refractivity (Wildman–Crippen MR) is 119 cm³/mol. The van der Waals surface area contributed by atoms with Crippen molar-refractivity contribution in [2.24, 2.45) is 11.8 Å². The zero-order chi connectivity index (χ0) is 25.5. The molecule has 5 heterocycles. The molecular weight excluding hydrogens is 512 g/mol. The summed E-state index contributed by atoms with van der Waals surface area (Å²) in [6.45, 7) is 0.165. The third kappa shape index (κ3) is 3.77. The van der Waals surface area contributed by atoms with Crippen molar-refractivity contribution in [3.8, 4) is 11.5 Å². The number of thiophene rings is 1. The first-order valence-corrected chi connectivity index (χ1v) is 12.8. The number of aliphatic hydroxyl groups is 4. The number of benzene rings is 1. The summed E-state index contributed by atoms with van der Waals surface area (Å²) < 4.78 is 39.4. The third-order valence-electron chi connectivity index (χ3n) is 7.54. The van der Waals surface area contributed by atoms with Gasteiger partial charge >= 0.3 is 11.9 Å². The normalized spacial score (nSPS) is 39.5. The lowest BCUT2D eigenvalue weighted by Gasteiger charge is -2.51. The van der Waals surface area contributed by atoms with Crippen LogP contribution in [0.15, 0.2) is 29.6 Å². The molecule has 0 spiro atoms. The van der Waals surface area contributed by atoms with E-state index in [1.54, 1.807) is 29.6 Å². The molecule has 5 aliphatic rings. The Hall–Kier alpha value is -2.33. The monoisotopic (exact) mass is 536 g/mol. The first-order valence-electron chi connectivity index (χ1n) is 11.9. The fourth-order valence-electron chi connectivity index (χ4n) is 5.69. The summed E-state index contributed by atoms with van der Waals surface area (Å²) in [5.74, 6) is -3.03. The van der Waals surface area contributed by atoms with Crippen LogP contribution in [0.3, 0.4) is 0 Å². The number of carbonyl (C=O) groups is 1. The van der Waals surface area contributed by atoms with E-state index in [0.717, 1.165) is 5.56 Å². The van der Waals surface area contributed by atoms with Crippen molar-refractivity contribution >= 4 is 17.3 Å². The fourth-order valence-corrected chi connectivity index (χ4v) is 6.37. The van der Waals surface area contributed by atoms with Crippen molar-refractivity contribution < 1.29 is 58.4 Å². The number of ether oxygens (including phenoxy) is 7. The van der Waals surface area contributed by atoms with E-state index in [1.165, 1.54) is 11.3 Å². The molecule has 0 amide bonds. The Morgan fingerprint density at radius 3 is 2.65 bits per heavy atom. The maximum Gasteiger partial charge on any atom is 0.311 e. The van der Waals surface area contributed by atoms with Crippen LogP contribution in [0.4, 0.5) is 0 Å². The lowest BCUT2D eigenvalue weighted by molar-refractivity contribution is -0.502. The van der Waals surface area contributed by atoms with Crippen molar-refractivity contribution in [2.45, 2.75) is 55.5 Å². The number of carbonyl (C=O) groups excluding carboxylic acids is 1. The van der Waals surface area contributed by atoms with Crippen LogP contribution < -0.4 is 9.47 Å². The molecule has 0 radical (unpaired) electrons. The summed E-state index contributed by atoms with van der Waals surface area (Å²) in [7, 11) is 0. The van der Waals surface area contributed by atoms with Gasteiger partial charge < -0.3 is 48.8 Å². The molecule has 9 unspecified atom stereocenters. The molecule has 0 saturated carbocycles. The number of fused-ring (bicyclic) bond motifs is 4. The largest absolute Gasteiger partial charge is 0.465 e. The van der Waals surface area contributed by atoms with Gasteiger partial charge in [0.25, 0.3) is 0 Å². The number of aliphatic hydroxyl groups excluding tert-OH is 2. The summed E-state index contributed by atoms with van der Waals surface area (Å²) in [6.07, 6.45) is -9.24. The van der Waals surface area contributed by atoms with Crippen LogP contribution in [0, 0.1) is 11.8 Å². The molecule has 1 aromatic carbocycles. The Labute approximate surface area is 213 Å². The molecule has 7 rings (SSSR count). The summed E-state index contributed by atoms with van der Waals surface area (Å²) in [5, 5.41) is 45.1. The number of rotatable bonds is 3. The second kappa shape index (κ2) is 8.59. The van der Waals surface area contributed by atoms with Gasteiger partial charge in [0.2, 0.25) is 6.79 Å². The summed E-state index contributed by atoms with van der Waals surface area (Å²) in [6, 6.07) is 6.97. The fraction of sp³-hybridized carbons (Fsp3) is 0.542. The van der Waals surface area contributed by atoms with Gasteiger partial charge in [0, 0.05) is 5.92 Å². The number of hydrogen-bond donors (Lipinski definition) is 4. The first-order chi connectivity index (χ1) is 17.8. The van der Waals surface area contributed by atoms with Gasteiger partial charge in [-0.2, -0.15) is 0 Å². The average Bonchev–Trinajstić information content (AvgIpc) is 3.63. The molecule has 4 aliphatic heterocycles. The first kappa shape index (κ1) is 23.8. The van der Waals surface area contributed by atoms with Gasteiger partial charge in [-0.25, -0.2) is 0 Å². The van der Waals surface area contributed by atoms with E-state index in [-0.39, 0.29) is 19.4 Å². The second-order valence-corrected chi connectivity index (χ2v) is 10.7. The maximum atomic E-state index is 12.5. The van der Waals surface area contributed by atoms with Gasteiger partial charge in [0.05, 0.1) is 23.5 Å². The zero-order valence-corrected chi connectivity index (χ0v) is 20.0. The van der Waals surface area contributed by atoms with Crippen molar-refractivity contribution in [1.82, 2.24) is 0 Å². The molecule has 13 heteroatoms. The van der Waals surface area contributed by atoms with Crippen LogP contribution in [-0.4, -0.2) is 76.5 Å². The van der Waals surface area contributed by atoms with Gasteiger partial charge in [0.1, 0.15) is 18.3 Å². The SMILES string of the molecule is O=C1OCC2C1Cc1cc3c(cc1C2OC1OC2C(OC(c4cccs4)OC2(O)O)C(O)C1O)OCO3. The van der Waals surface area contributed by atoms with Crippen LogP contribution in [-0.2, 0) is 34.9 Å². The van der Waals surface area contributed by atoms with Crippen molar-refractivity contribution in [3.05, 3.63) is 45.6 Å². The van der Waals surface area contributed by atoms with Crippen LogP contribution in [0.1, 0.15) is 28.4 Å². The minimum absolute atomic E-state index is 0.0694. The molecule has 198 valence electrons. The second-order valence-electron chi connectivity index (χ2n) is 9.70. The van der Waals surface area contributed by atoms with E-state index in [2.05, 4.69) is 0 Å². The smallest absolute Gasteiger partial charge is 0.311 e. The van der Waals surface area contributed by atoms with E-state index in [1.807, 2.05) is 0 Å². The molecule has 1 aliphatic carbocycles. The van der Waals surface area contributed by atoms with E-state index < -0.39 is 60.9 Å². The van der Waals surface area contributed by atoms with E-state index in [9.17, 15) is 25.2 Å². The number of esters is 1. The van der Waals surface area contributed by atoms with Gasteiger partial charge in [-0.3, -0.25) is 9.53 Å². The lowest BCUT2D eigenvalue weighted by atomic mass is 9.75. The molecule has 1 aromatic heterocycles. The highest BCUT2D eigenvalue weighted by Crippen LogP contribution is 2.50. The Kier molecular flexibility index (Phi) is 5.52. The average molecular weight is 537 g/mol. The standard InChI is InChI=1S/C24H24O12S/c25-16-17(26)23(35-20-19(16)34-22(36-24(20,28)29)15-2-1-3-37-15)33-18-10-6-14-13(31-8-32-14)5-9(10)4-11-12(18)7-30-21(11)27/h1-3,5-6,11-12,16-20,22-23,25-26,28-29H,4,7-8H2. The molecule has 3 saturated heterocycles. The predicted octanol–water partition coefficient (Wildman–Crippen LogP) is 0.0791. The maximum absolute atomic E-state index is 12.5. The highest BCUT2D eigenvalue weighted by atomic mass is 32.1. The summed E-state index contributed by atoms with van der Waals surface area (Å²) in [4.78, 5) is 13.0. The van der Waals surface area contributed by atoms with Crippen molar-refractivity contribution in [1.29, 1.82) is 0 Å². The van der Waals surface area contributed by atoms with Gasteiger partial charge in [0.15, 0.2) is 30.2 Å². The third-order valence-corrected chi connectivity index (χ3v) is 8.43. The Bertz CT molecular complexity index is 1200. The molecule has 2 aromatic rings. The number of hydrogen-bond acceptors (Lipinski definition) is 13. The van der Waals surface area contributed by atoms with Crippen molar-refractivity contribution in [3.63, 3.8) is 0 Å². The van der Waals surface area contributed by atoms with E-state index >= 15 is 0 Å². The molecule has 3 fully saturated rings. The van der Waals surface area contributed by atoms with Crippen molar-refractivity contribution in [2.75, 3.05) is 13.4 Å². The highest BCUT2D eigenvalue weighted by Gasteiger charge is 2.60. The van der Waals surface area contributed by atoms with Crippen LogP contribution in [0.25, 0.3) is 0 Å². The van der Waals surface area contributed by atoms with Gasteiger partial charge in [-0.15, -0.1) is 11.3 Å². The lowest BCUT2D eigenvalue weighted by Crippen LogP contribution is -2.69. The topological polar surface area (TPSA) is 163 Å². The van der Waals surface area contributed by atoms with Crippen LogP contribution in [0.5, 0.6) is 11.5 Å². The summed E-state index contributed by atoms with van der Waals surface area (Å²) in [5.41, 5.74) is 1.49. The van der Waals surface area contributed by atoms with E-state index in [0.29, 0.717) is 28.4 Å². The van der Waals surface area contributed by atoms with E-state index in [4.69, 9.17) is 33.2 Å². The minimum Gasteiger partial charge on any atom is -0.465 e. The highest BCUT2D eigenvalue weighted by molar-refractivity contribution is 7.10. The Morgan fingerprint density at radius 2 is 1.86 bits per heavy atom. The number of cyclic esters (lactones) is 1. The Balaban J connectivity index is 1.19. The van der Waals surface area contributed by atoms with Crippen LogP contribution in [0.2, 0.25) is 0 Å². The molecular formula is C24H24O12S. The minimum atomic E-state index is -2.86. The van der Waals surface area contributed by atoms with Gasteiger partial charge in [-0.05, 0) is 41.1 Å². The molecule has 4 N–H and O–H groups in total. The zero-order valence-electron chi connectivity index (χ0n) is 19.2. The quantitative estimate of drug-likeness (QED) is 0.309. The molecule has 37 heavy (non-hydrogen) atoms. The Morgan fingerprint density at radius 1 is 1.05 bits per heavy atom. The molecule has 0 bridgehead atoms. The molecule has 12 nitrogen and oxygen atoms in total. The van der Waals surface area contributed by atoms with Crippen LogP contribution >= 0.6 is 11.3 Å².